The molecular formula is AsCdCrCuHgPb. The predicted octanol–water partition coefficient (Wildman–Crippen LogP) is -0.772. The van der Waals surface area contributed by atoms with E-state index in [-0.39, 0.29) is 135 Å². The van der Waals surface area contributed by atoms with Crippen LogP contribution in [0.5, 0.6) is 0 Å². The van der Waals surface area contributed by atoms with Crippen LogP contribution < -0.4 is 0 Å². The fourth-order valence-electron chi connectivity index (χ4n) is 0. The van der Waals surface area contributed by atoms with E-state index in [1.54, 1.807) is 0 Å². The van der Waals surface area contributed by atoms with Gasteiger partial charge in [0.25, 0.3) is 0 Å². The van der Waals surface area contributed by atoms with E-state index in [1.165, 1.54) is 0 Å². The summed E-state index contributed by atoms with van der Waals surface area (Å²) in [5, 5.41) is 0. The Kier molecular flexibility index (Phi) is 272. The van der Waals surface area contributed by atoms with E-state index in [1.807, 2.05) is 0 Å². The van der Waals surface area contributed by atoms with Crippen molar-refractivity contribution in [3.63, 3.8) is 0 Å². The van der Waals surface area contributed by atoms with Gasteiger partial charge in [0.05, 0.1) is 0 Å². The Balaban J connectivity index is 0. The van der Waals surface area contributed by atoms with Gasteiger partial charge in [-0.25, -0.2) is 0 Å². The monoisotopic (exact) mass is 714 g/mol. The Labute approximate surface area is 131 Å². The van der Waals surface area contributed by atoms with Gasteiger partial charge in [0.15, 0.2) is 0 Å². The van der Waals surface area contributed by atoms with E-state index < -0.39 is 0 Å². The van der Waals surface area contributed by atoms with Gasteiger partial charge < -0.3 is 0 Å². The van der Waals surface area contributed by atoms with E-state index in [0.717, 1.165) is 0 Å². The molecule has 0 amide bonds. The Bertz CT molecular complexity index is 15.5. The minimum atomic E-state index is 0. The normalized spacial score (nSPS) is 0. The second kappa shape index (κ2) is 34.3. The van der Waals surface area contributed by atoms with Gasteiger partial charge in [0.2, 0.25) is 0 Å². The molecule has 0 aromatic carbocycles. The summed E-state index contributed by atoms with van der Waals surface area (Å²) in [5.41, 5.74) is 0. The molecule has 0 aliphatic carbocycles. The summed E-state index contributed by atoms with van der Waals surface area (Å²) in [6.45, 7) is 0. The molecular weight excluding hydrogens is 711 g/mol. The smallest absolute Gasteiger partial charge is 0 e. The molecule has 0 unspecified atom stereocenters. The van der Waals surface area contributed by atoms with Crippen LogP contribution in [0, 0.1) is 0 Å². The van der Waals surface area contributed by atoms with Crippen LogP contribution in [0.15, 0.2) is 0 Å². The SMILES string of the molecule is [As].[Cd].[Cr].[Cu].[Hg].[Pb]. The van der Waals surface area contributed by atoms with Gasteiger partial charge in [-0.1, -0.05) is 0 Å². The molecule has 0 saturated carbocycles. The molecule has 0 bridgehead atoms. The van der Waals surface area contributed by atoms with Gasteiger partial charge in [-0.2, -0.15) is 0 Å². The molecule has 8 radical (unpaired) electrons. The number of hydrogen-bond acceptors (Lipinski definition) is 0. The molecule has 30 valence electrons. The van der Waals surface area contributed by atoms with Crippen molar-refractivity contribution in [3.05, 3.63) is 0 Å². The van der Waals surface area contributed by atoms with Crippen molar-refractivity contribution in [1.82, 2.24) is 0 Å². The minimum absolute atomic E-state index is 0. The molecule has 6 heteroatoms. The summed E-state index contributed by atoms with van der Waals surface area (Å²) in [7, 11) is 0. The molecule has 0 aliphatic heterocycles. The standard InChI is InChI=1S/As.Cd.Cr.Cu.Hg.Pb. The molecule has 0 N–H and O–H groups in total. The molecule has 0 aromatic heterocycles. The fraction of sp³-hybridized carbons (Fsp3) is 0. The van der Waals surface area contributed by atoms with E-state index in [0.29, 0.717) is 0 Å². The van der Waals surface area contributed by atoms with Gasteiger partial charge in [0, 0.05) is 135 Å². The van der Waals surface area contributed by atoms with Crippen molar-refractivity contribution >= 4 is 45.3 Å². The van der Waals surface area contributed by atoms with Crippen LogP contribution in [-0.2, 0) is 89.4 Å². The number of rotatable bonds is 0. The number of hydrogen-bond donors (Lipinski definition) is 0. The zero-order chi connectivity index (χ0) is 0. The fourth-order valence-corrected chi connectivity index (χ4v) is 0. The maximum Gasteiger partial charge on any atom is 0 e. The molecule has 0 aliphatic rings. The molecule has 0 atom stereocenters. The maximum atomic E-state index is 0. The molecule has 0 heterocycles. The average Bonchev–Trinajstić information content (AvgIpc) is 0. The minimum Gasteiger partial charge on any atom is 0 e. The zero-order valence-corrected chi connectivity index (χ0v) is 20.6. The summed E-state index contributed by atoms with van der Waals surface area (Å²) >= 11 is 0. The first kappa shape index (κ1) is 47.5. The van der Waals surface area contributed by atoms with Crippen molar-refractivity contribution in [1.29, 1.82) is 0 Å². The largest absolute Gasteiger partial charge is 0 e. The Morgan fingerprint density at radius 1 is 1.00 bits per heavy atom. The van der Waals surface area contributed by atoms with Gasteiger partial charge in [-0.05, 0) is 0 Å². The molecule has 0 spiro atoms. The summed E-state index contributed by atoms with van der Waals surface area (Å²) < 4.78 is 0. The molecule has 0 nitrogen and oxygen atoms in total. The van der Waals surface area contributed by atoms with E-state index in [2.05, 4.69) is 0 Å². The van der Waals surface area contributed by atoms with Crippen LogP contribution in [-0.4, -0.2) is 45.3 Å². The first-order valence-electron chi connectivity index (χ1n) is 0. The summed E-state index contributed by atoms with van der Waals surface area (Å²) in [5.74, 6) is 0. The van der Waals surface area contributed by atoms with Gasteiger partial charge in [-0.15, -0.1) is 0 Å². The molecule has 0 rings (SSSR count). The molecule has 0 fully saturated rings. The van der Waals surface area contributed by atoms with Crippen LogP contribution in [0.3, 0.4) is 0 Å². The quantitative estimate of drug-likeness (QED) is 0.290. The van der Waals surface area contributed by atoms with Crippen molar-refractivity contribution in [2.75, 3.05) is 0 Å². The predicted molar refractivity (Wildman–Crippen MR) is 11.5 cm³/mol. The van der Waals surface area contributed by atoms with Gasteiger partial charge >= 0.3 is 0 Å². The van der Waals surface area contributed by atoms with E-state index in [4.69, 9.17) is 0 Å². The Morgan fingerprint density at radius 3 is 1.00 bits per heavy atom. The topological polar surface area (TPSA) is 0 Å². The van der Waals surface area contributed by atoms with Crippen LogP contribution >= 0.6 is 0 Å². The molecule has 6 heavy (non-hydrogen) atoms. The second-order valence-electron chi connectivity index (χ2n) is 0. The van der Waals surface area contributed by atoms with Crippen LogP contribution in [0.1, 0.15) is 0 Å². The first-order chi connectivity index (χ1) is 0. The average molecular weight is 711 g/mol. The first-order valence-corrected chi connectivity index (χ1v) is 0. The van der Waals surface area contributed by atoms with Crippen molar-refractivity contribution in [2.45, 2.75) is 0 Å². The van der Waals surface area contributed by atoms with E-state index in [9.17, 15) is 0 Å². The Morgan fingerprint density at radius 2 is 1.00 bits per heavy atom. The van der Waals surface area contributed by atoms with Gasteiger partial charge in [-0.3, -0.25) is 0 Å². The second-order valence-corrected chi connectivity index (χ2v) is 0. The van der Waals surface area contributed by atoms with E-state index >= 15 is 0 Å². The summed E-state index contributed by atoms with van der Waals surface area (Å²) in [4.78, 5) is 0. The van der Waals surface area contributed by atoms with Crippen LogP contribution in [0.2, 0.25) is 0 Å². The van der Waals surface area contributed by atoms with Crippen LogP contribution in [0.25, 0.3) is 0 Å². The molecule has 0 saturated heterocycles. The third kappa shape index (κ3) is 23.8. The van der Waals surface area contributed by atoms with Crippen molar-refractivity contribution in [3.8, 4) is 0 Å². The third-order valence-corrected chi connectivity index (χ3v) is 0. The Hall–Kier alpha value is 4.39. The van der Waals surface area contributed by atoms with Crippen molar-refractivity contribution < 1.29 is 89.4 Å². The van der Waals surface area contributed by atoms with Crippen molar-refractivity contribution in [2.24, 2.45) is 0 Å². The van der Waals surface area contributed by atoms with Crippen LogP contribution in [0.4, 0.5) is 0 Å². The summed E-state index contributed by atoms with van der Waals surface area (Å²) in [6.07, 6.45) is 0. The maximum absolute atomic E-state index is 0. The third-order valence-electron chi connectivity index (χ3n) is 0. The zero-order valence-electron chi connectivity index (χ0n) is 3.07. The van der Waals surface area contributed by atoms with Gasteiger partial charge in [0.1, 0.15) is 0 Å². The molecule has 0 aromatic rings. The summed E-state index contributed by atoms with van der Waals surface area (Å²) in [6, 6.07) is 0.